The molecule has 1 unspecified atom stereocenters. The summed E-state index contributed by atoms with van der Waals surface area (Å²) >= 11 is 0. The molecule has 4 aromatic rings. The number of nitriles is 1. The van der Waals surface area contributed by atoms with Crippen molar-refractivity contribution in [1.29, 1.82) is 5.26 Å². The van der Waals surface area contributed by atoms with Gasteiger partial charge in [0.05, 0.1) is 11.7 Å². The molecule has 4 rings (SSSR count). The van der Waals surface area contributed by atoms with Gasteiger partial charge in [-0.05, 0) is 31.2 Å². The molecule has 0 bridgehead atoms. The van der Waals surface area contributed by atoms with Crippen LogP contribution in [0.2, 0.25) is 0 Å². The molecule has 0 aliphatic heterocycles. The highest BCUT2D eigenvalue weighted by Gasteiger charge is 2.20. The van der Waals surface area contributed by atoms with Crippen molar-refractivity contribution in [3.63, 3.8) is 0 Å². The molecule has 1 atom stereocenters. The molecule has 0 fully saturated rings. The minimum Gasteiger partial charge on any atom is -0.382 e. The van der Waals surface area contributed by atoms with Crippen LogP contribution < -0.4 is 22.5 Å². The van der Waals surface area contributed by atoms with Crippen LogP contribution >= 0.6 is 0 Å². The van der Waals surface area contributed by atoms with Crippen molar-refractivity contribution >= 4 is 23.2 Å². The highest BCUT2D eigenvalue weighted by atomic mass is 16.1. The van der Waals surface area contributed by atoms with Gasteiger partial charge in [0.2, 0.25) is 5.95 Å². The Kier molecular flexibility index (Phi) is 4.33. The molecule has 0 radical (unpaired) electrons. The van der Waals surface area contributed by atoms with Crippen LogP contribution in [-0.4, -0.2) is 23.9 Å². The SMILES string of the molecule is CC(Nc1nc(N)nc(N)c1C#N)c1nc2cccn2c(=O)n1-c1ccccc1. The second-order valence-corrected chi connectivity index (χ2v) is 6.33. The van der Waals surface area contributed by atoms with Crippen molar-refractivity contribution in [2.75, 3.05) is 16.8 Å². The van der Waals surface area contributed by atoms with Gasteiger partial charge in [0, 0.05) is 6.20 Å². The van der Waals surface area contributed by atoms with Gasteiger partial charge in [-0.15, -0.1) is 0 Å². The average molecular weight is 387 g/mol. The van der Waals surface area contributed by atoms with Gasteiger partial charge in [-0.3, -0.25) is 4.40 Å². The molecule has 10 heteroatoms. The van der Waals surface area contributed by atoms with E-state index in [0.717, 1.165) is 0 Å². The Morgan fingerprint density at radius 2 is 1.86 bits per heavy atom. The smallest absolute Gasteiger partial charge is 0.339 e. The van der Waals surface area contributed by atoms with Crippen molar-refractivity contribution < 1.29 is 0 Å². The fourth-order valence-electron chi connectivity index (χ4n) is 3.09. The summed E-state index contributed by atoms with van der Waals surface area (Å²) in [5, 5.41) is 12.5. The largest absolute Gasteiger partial charge is 0.382 e. The summed E-state index contributed by atoms with van der Waals surface area (Å²) < 4.78 is 2.97. The highest BCUT2D eigenvalue weighted by Crippen LogP contribution is 2.24. The van der Waals surface area contributed by atoms with E-state index in [-0.39, 0.29) is 28.8 Å². The minimum atomic E-state index is -0.511. The van der Waals surface area contributed by atoms with Crippen molar-refractivity contribution in [3.8, 4) is 11.8 Å². The Bertz CT molecular complexity index is 1300. The number of nitrogen functional groups attached to an aromatic ring is 2. The first-order valence-electron chi connectivity index (χ1n) is 8.74. The van der Waals surface area contributed by atoms with Crippen LogP contribution in [0.25, 0.3) is 11.3 Å². The number of nitrogens with zero attached hydrogens (tertiary/aromatic N) is 6. The Morgan fingerprint density at radius 1 is 1.10 bits per heavy atom. The zero-order chi connectivity index (χ0) is 20.5. The second kappa shape index (κ2) is 6.97. The van der Waals surface area contributed by atoms with E-state index in [2.05, 4.69) is 20.3 Å². The maximum Gasteiger partial charge on any atom is 0.339 e. The van der Waals surface area contributed by atoms with Gasteiger partial charge >= 0.3 is 5.69 Å². The number of hydrogen-bond acceptors (Lipinski definition) is 8. The van der Waals surface area contributed by atoms with Gasteiger partial charge < -0.3 is 16.8 Å². The Morgan fingerprint density at radius 3 is 2.59 bits per heavy atom. The first kappa shape index (κ1) is 18.0. The van der Waals surface area contributed by atoms with Gasteiger partial charge in [0.25, 0.3) is 0 Å². The molecule has 1 aromatic carbocycles. The average Bonchev–Trinajstić information content (AvgIpc) is 3.17. The van der Waals surface area contributed by atoms with Gasteiger partial charge in [-0.1, -0.05) is 18.2 Å². The monoisotopic (exact) mass is 387 g/mol. The third kappa shape index (κ3) is 3.10. The van der Waals surface area contributed by atoms with Crippen LogP contribution in [0, 0.1) is 11.3 Å². The number of anilines is 3. The number of para-hydroxylation sites is 1. The molecular weight excluding hydrogens is 370 g/mol. The summed E-state index contributed by atoms with van der Waals surface area (Å²) in [4.78, 5) is 25.7. The fourth-order valence-corrected chi connectivity index (χ4v) is 3.09. The number of fused-ring (bicyclic) bond motifs is 1. The zero-order valence-electron chi connectivity index (χ0n) is 15.4. The second-order valence-electron chi connectivity index (χ2n) is 6.33. The Labute approximate surface area is 165 Å². The van der Waals surface area contributed by atoms with Gasteiger partial charge in [-0.2, -0.15) is 15.2 Å². The van der Waals surface area contributed by atoms with Crippen molar-refractivity contribution in [2.45, 2.75) is 13.0 Å². The molecule has 0 spiro atoms. The molecule has 0 aliphatic carbocycles. The minimum absolute atomic E-state index is 0.0230. The Balaban J connectivity index is 1.88. The van der Waals surface area contributed by atoms with Gasteiger partial charge in [-0.25, -0.2) is 14.3 Å². The van der Waals surface area contributed by atoms with E-state index in [1.54, 1.807) is 25.3 Å². The van der Waals surface area contributed by atoms with Crippen LogP contribution in [0.1, 0.15) is 24.4 Å². The van der Waals surface area contributed by atoms with Crippen LogP contribution in [0.3, 0.4) is 0 Å². The Hall–Kier alpha value is -4.39. The summed E-state index contributed by atoms with van der Waals surface area (Å²) in [5.74, 6) is 0.526. The summed E-state index contributed by atoms with van der Waals surface area (Å²) in [6, 6.07) is 14.1. The van der Waals surface area contributed by atoms with Crippen LogP contribution in [-0.2, 0) is 0 Å². The molecule has 10 nitrogen and oxygen atoms in total. The molecule has 5 N–H and O–H groups in total. The molecular formula is C19H17N9O. The van der Waals surface area contributed by atoms with Gasteiger partial charge in [0.1, 0.15) is 28.9 Å². The summed E-state index contributed by atoms with van der Waals surface area (Å²) in [6.07, 6.45) is 1.66. The molecule has 0 amide bonds. The number of hydrogen-bond donors (Lipinski definition) is 3. The van der Waals surface area contributed by atoms with E-state index in [9.17, 15) is 10.1 Å². The lowest BCUT2D eigenvalue weighted by Gasteiger charge is -2.20. The standard InChI is InChI=1S/C19H17N9O/c1-11(23-16-13(10-20)15(21)25-18(22)26-16)17-24-14-8-5-9-27(14)19(29)28(17)12-6-3-2-4-7-12/h2-9,11H,1H3,(H5,21,22,23,25,26). The van der Waals surface area contributed by atoms with Crippen LogP contribution in [0.4, 0.5) is 17.6 Å². The summed E-state index contributed by atoms with van der Waals surface area (Å²) in [7, 11) is 0. The lowest BCUT2D eigenvalue weighted by atomic mass is 10.2. The maximum absolute atomic E-state index is 13.1. The van der Waals surface area contributed by atoms with Gasteiger partial charge in [0.15, 0.2) is 5.82 Å². The van der Waals surface area contributed by atoms with Crippen molar-refractivity contribution in [1.82, 2.24) is 23.9 Å². The predicted molar refractivity (Wildman–Crippen MR) is 108 cm³/mol. The van der Waals surface area contributed by atoms with E-state index in [1.165, 1.54) is 8.97 Å². The molecule has 3 heterocycles. The number of nitrogens with one attached hydrogen (secondary N) is 1. The first-order valence-corrected chi connectivity index (χ1v) is 8.74. The van der Waals surface area contributed by atoms with E-state index in [4.69, 9.17) is 11.5 Å². The summed E-state index contributed by atoms with van der Waals surface area (Å²) in [5.41, 5.74) is 12.4. The predicted octanol–water partition coefficient (Wildman–Crippen LogP) is 1.48. The zero-order valence-corrected chi connectivity index (χ0v) is 15.4. The molecule has 0 saturated heterocycles. The first-order chi connectivity index (χ1) is 14.0. The molecule has 144 valence electrons. The van der Waals surface area contributed by atoms with Crippen molar-refractivity contribution in [3.05, 3.63) is 70.5 Å². The third-order valence-electron chi connectivity index (χ3n) is 4.40. The number of benzene rings is 1. The van der Waals surface area contributed by atoms with E-state index in [0.29, 0.717) is 17.2 Å². The number of nitrogens with two attached hydrogens (primary N) is 2. The topological polar surface area (TPSA) is 153 Å². The van der Waals surface area contributed by atoms with E-state index >= 15 is 0 Å². The molecule has 0 saturated carbocycles. The number of rotatable bonds is 4. The molecule has 0 aliphatic rings. The van der Waals surface area contributed by atoms with Crippen LogP contribution in [0.5, 0.6) is 0 Å². The molecule has 29 heavy (non-hydrogen) atoms. The summed E-state index contributed by atoms with van der Waals surface area (Å²) in [6.45, 7) is 1.80. The quantitative estimate of drug-likeness (QED) is 0.476. The normalized spacial score (nSPS) is 11.9. The highest BCUT2D eigenvalue weighted by molar-refractivity contribution is 5.65. The van der Waals surface area contributed by atoms with Crippen molar-refractivity contribution in [2.24, 2.45) is 0 Å². The van der Waals surface area contributed by atoms with E-state index < -0.39 is 6.04 Å². The maximum atomic E-state index is 13.1. The van der Waals surface area contributed by atoms with E-state index in [1.807, 2.05) is 36.4 Å². The fraction of sp³-hybridized carbons (Fsp3) is 0.105. The lowest BCUT2D eigenvalue weighted by Crippen LogP contribution is -2.31. The number of aromatic nitrogens is 5. The van der Waals surface area contributed by atoms with Crippen LogP contribution in [0.15, 0.2) is 53.5 Å². The lowest BCUT2D eigenvalue weighted by molar-refractivity contribution is 0.694. The molecule has 3 aromatic heterocycles. The third-order valence-corrected chi connectivity index (χ3v) is 4.40.